The Labute approximate surface area is 116 Å². The van der Waals surface area contributed by atoms with Crippen LogP contribution in [-0.2, 0) is 0 Å². The number of amides is 1. The smallest absolute Gasteiger partial charge is 0.257 e. The van der Waals surface area contributed by atoms with Crippen molar-refractivity contribution >= 4 is 21.8 Å². The molecule has 5 heteroatoms. The van der Waals surface area contributed by atoms with Crippen LogP contribution in [0.15, 0.2) is 10.5 Å². The number of carbonyl (C=O) groups is 1. The molecular formula is C13H19BrN2O2. The molecule has 1 aliphatic rings. The zero-order valence-corrected chi connectivity index (χ0v) is 12.5. The van der Waals surface area contributed by atoms with Crippen molar-refractivity contribution in [2.75, 3.05) is 38.1 Å². The number of furan rings is 1. The van der Waals surface area contributed by atoms with Crippen molar-refractivity contribution in [1.82, 2.24) is 9.80 Å². The van der Waals surface area contributed by atoms with E-state index in [0.29, 0.717) is 5.56 Å². The Morgan fingerprint density at radius 3 is 2.50 bits per heavy atom. The molecule has 100 valence electrons. The summed E-state index contributed by atoms with van der Waals surface area (Å²) in [7, 11) is 0. The van der Waals surface area contributed by atoms with Gasteiger partial charge in [0.05, 0.1) is 5.56 Å². The second-order valence-corrected chi connectivity index (χ2v) is 5.44. The normalized spacial score (nSPS) is 17.2. The van der Waals surface area contributed by atoms with Gasteiger partial charge in [0.2, 0.25) is 0 Å². The summed E-state index contributed by atoms with van der Waals surface area (Å²) in [5.41, 5.74) is 0.710. The quantitative estimate of drug-likeness (QED) is 0.801. The number of nitrogens with zero attached hydrogens (tertiary/aromatic N) is 2. The predicted molar refractivity (Wildman–Crippen MR) is 74.3 cm³/mol. The molecule has 18 heavy (non-hydrogen) atoms. The van der Waals surface area contributed by atoms with Crippen LogP contribution in [0.25, 0.3) is 0 Å². The molecule has 0 radical (unpaired) electrons. The van der Waals surface area contributed by atoms with Crippen LogP contribution >= 0.6 is 15.9 Å². The summed E-state index contributed by atoms with van der Waals surface area (Å²) >= 11 is 3.44. The molecule has 1 aromatic rings. The van der Waals surface area contributed by atoms with Gasteiger partial charge in [-0.3, -0.25) is 9.69 Å². The van der Waals surface area contributed by atoms with Gasteiger partial charge in [0.25, 0.3) is 5.91 Å². The van der Waals surface area contributed by atoms with Gasteiger partial charge in [-0.05, 0) is 19.9 Å². The summed E-state index contributed by atoms with van der Waals surface area (Å²) in [6, 6.07) is 1.84. The topological polar surface area (TPSA) is 36.7 Å². The van der Waals surface area contributed by atoms with Gasteiger partial charge in [-0.2, -0.15) is 0 Å². The van der Waals surface area contributed by atoms with Gasteiger partial charge in [0.15, 0.2) is 0 Å². The van der Waals surface area contributed by atoms with Gasteiger partial charge in [-0.25, -0.2) is 0 Å². The van der Waals surface area contributed by atoms with E-state index in [4.69, 9.17) is 4.42 Å². The summed E-state index contributed by atoms with van der Waals surface area (Å²) in [4.78, 5) is 16.6. The van der Waals surface area contributed by atoms with Crippen LogP contribution in [-0.4, -0.2) is 53.8 Å². The van der Waals surface area contributed by atoms with E-state index in [9.17, 15) is 4.79 Å². The Kier molecular flexibility index (Phi) is 4.45. The molecule has 4 nitrogen and oxygen atoms in total. The number of carbonyl (C=O) groups excluding carboxylic acids is 1. The number of aryl methyl sites for hydroxylation is 2. The van der Waals surface area contributed by atoms with Crippen LogP contribution in [0, 0.1) is 13.8 Å². The number of hydrogen-bond donors (Lipinski definition) is 0. The highest BCUT2D eigenvalue weighted by molar-refractivity contribution is 9.09. The first-order valence-corrected chi connectivity index (χ1v) is 7.38. The summed E-state index contributed by atoms with van der Waals surface area (Å²) < 4.78 is 5.42. The number of hydrogen-bond acceptors (Lipinski definition) is 3. The van der Waals surface area contributed by atoms with Gasteiger partial charge in [-0.15, -0.1) is 0 Å². The minimum atomic E-state index is 0.0999. The molecule has 0 aromatic carbocycles. The van der Waals surface area contributed by atoms with Crippen molar-refractivity contribution in [2.24, 2.45) is 0 Å². The van der Waals surface area contributed by atoms with Crippen molar-refractivity contribution in [2.45, 2.75) is 13.8 Å². The molecule has 1 aliphatic heterocycles. The standard InChI is InChI=1S/C13H19BrN2O2/c1-10-9-12(11(2)18-10)13(17)16-7-5-15(4-3-14)6-8-16/h9H,3-8H2,1-2H3. The first kappa shape index (κ1) is 13.6. The number of piperazine rings is 1. The zero-order valence-electron chi connectivity index (χ0n) is 10.9. The number of alkyl halides is 1. The fraction of sp³-hybridized carbons (Fsp3) is 0.615. The summed E-state index contributed by atoms with van der Waals surface area (Å²) in [6.45, 7) is 8.27. The highest BCUT2D eigenvalue weighted by Crippen LogP contribution is 2.17. The van der Waals surface area contributed by atoms with Crippen molar-refractivity contribution in [1.29, 1.82) is 0 Å². The molecule has 2 rings (SSSR count). The molecule has 0 bridgehead atoms. The molecular weight excluding hydrogens is 296 g/mol. The average molecular weight is 315 g/mol. The molecule has 0 atom stereocenters. The fourth-order valence-electron chi connectivity index (χ4n) is 2.31. The Balaban J connectivity index is 1.97. The minimum absolute atomic E-state index is 0.0999. The molecule has 0 N–H and O–H groups in total. The third-order valence-electron chi connectivity index (χ3n) is 3.33. The van der Waals surface area contributed by atoms with E-state index in [1.54, 1.807) is 0 Å². The molecule has 0 spiro atoms. The molecule has 1 saturated heterocycles. The van der Waals surface area contributed by atoms with Crippen molar-refractivity contribution in [3.63, 3.8) is 0 Å². The molecule has 0 saturated carbocycles. The Hall–Kier alpha value is -0.810. The third-order valence-corrected chi connectivity index (χ3v) is 3.69. The molecule has 1 fully saturated rings. The maximum absolute atomic E-state index is 12.3. The first-order valence-electron chi connectivity index (χ1n) is 6.26. The summed E-state index contributed by atoms with van der Waals surface area (Å²) in [5, 5.41) is 0.987. The van der Waals surface area contributed by atoms with Crippen molar-refractivity contribution < 1.29 is 9.21 Å². The van der Waals surface area contributed by atoms with Crippen LogP contribution < -0.4 is 0 Å². The fourth-order valence-corrected chi connectivity index (χ4v) is 2.81. The molecule has 1 aromatic heterocycles. The van der Waals surface area contributed by atoms with E-state index >= 15 is 0 Å². The van der Waals surface area contributed by atoms with E-state index in [1.165, 1.54) is 0 Å². The lowest BCUT2D eigenvalue weighted by Gasteiger charge is -2.34. The first-order chi connectivity index (χ1) is 8.61. The van der Waals surface area contributed by atoms with Crippen LogP contribution in [0.2, 0.25) is 0 Å². The van der Waals surface area contributed by atoms with Gasteiger partial charge < -0.3 is 9.32 Å². The predicted octanol–water partition coefficient (Wildman–Crippen LogP) is 2.05. The van der Waals surface area contributed by atoms with Crippen LogP contribution in [0.3, 0.4) is 0 Å². The Morgan fingerprint density at radius 1 is 1.33 bits per heavy atom. The van der Waals surface area contributed by atoms with E-state index in [2.05, 4.69) is 20.8 Å². The highest BCUT2D eigenvalue weighted by atomic mass is 79.9. The van der Waals surface area contributed by atoms with Gasteiger partial charge in [0, 0.05) is 38.1 Å². The third kappa shape index (κ3) is 2.95. The highest BCUT2D eigenvalue weighted by Gasteiger charge is 2.24. The lowest BCUT2D eigenvalue weighted by atomic mass is 10.2. The van der Waals surface area contributed by atoms with E-state index < -0.39 is 0 Å². The van der Waals surface area contributed by atoms with E-state index in [-0.39, 0.29) is 5.91 Å². The lowest BCUT2D eigenvalue weighted by Crippen LogP contribution is -2.49. The second kappa shape index (κ2) is 5.89. The molecule has 2 heterocycles. The maximum Gasteiger partial charge on any atom is 0.257 e. The maximum atomic E-state index is 12.3. The van der Waals surface area contributed by atoms with Crippen LogP contribution in [0.5, 0.6) is 0 Å². The van der Waals surface area contributed by atoms with Gasteiger partial charge in [0.1, 0.15) is 11.5 Å². The molecule has 1 amide bonds. The van der Waals surface area contributed by atoms with Gasteiger partial charge >= 0.3 is 0 Å². The zero-order chi connectivity index (χ0) is 13.1. The summed E-state index contributed by atoms with van der Waals surface area (Å²) in [6.07, 6.45) is 0. The number of halogens is 1. The molecule has 0 unspecified atom stereocenters. The Morgan fingerprint density at radius 2 is 2.00 bits per heavy atom. The van der Waals surface area contributed by atoms with Crippen LogP contribution in [0.1, 0.15) is 21.9 Å². The largest absolute Gasteiger partial charge is 0.466 e. The minimum Gasteiger partial charge on any atom is -0.466 e. The monoisotopic (exact) mass is 314 g/mol. The van der Waals surface area contributed by atoms with E-state index in [1.807, 2.05) is 24.8 Å². The summed E-state index contributed by atoms with van der Waals surface area (Å²) in [5.74, 6) is 1.62. The second-order valence-electron chi connectivity index (χ2n) is 4.65. The van der Waals surface area contributed by atoms with Crippen molar-refractivity contribution in [3.05, 3.63) is 23.2 Å². The average Bonchev–Trinajstić information content (AvgIpc) is 2.69. The number of rotatable bonds is 3. The molecule has 0 aliphatic carbocycles. The van der Waals surface area contributed by atoms with E-state index in [0.717, 1.165) is 49.6 Å². The SMILES string of the molecule is Cc1cc(C(=O)N2CCN(CCBr)CC2)c(C)o1. The van der Waals surface area contributed by atoms with Crippen LogP contribution in [0.4, 0.5) is 0 Å². The van der Waals surface area contributed by atoms with Gasteiger partial charge in [-0.1, -0.05) is 15.9 Å². The lowest BCUT2D eigenvalue weighted by molar-refractivity contribution is 0.0643. The Bertz CT molecular complexity index is 423. The van der Waals surface area contributed by atoms with Crippen molar-refractivity contribution in [3.8, 4) is 0 Å².